The summed E-state index contributed by atoms with van der Waals surface area (Å²) in [5.74, 6) is 0.857. The van der Waals surface area contributed by atoms with Crippen LogP contribution in [-0.4, -0.2) is 83.6 Å². The van der Waals surface area contributed by atoms with Crippen LogP contribution in [-0.2, 0) is 4.74 Å². The van der Waals surface area contributed by atoms with Crippen LogP contribution in [0.2, 0.25) is 0 Å². The van der Waals surface area contributed by atoms with Gasteiger partial charge in [-0.2, -0.15) is 0 Å². The van der Waals surface area contributed by atoms with E-state index in [9.17, 15) is 0 Å². The Kier molecular flexibility index (Phi) is 36.9. The van der Waals surface area contributed by atoms with Crippen molar-refractivity contribution in [3.63, 3.8) is 0 Å². The molecule has 1 aliphatic heterocycles. The van der Waals surface area contributed by atoms with Crippen molar-refractivity contribution >= 4 is 0 Å². The molecule has 1 fully saturated rings. The summed E-state index contributed by atoms with van der Waals surface area (Å²) in [5, 5.41) is 9.53. The van der Waals surface area contributed by atoms with Gasteiger partial charge in [-0.15, -0.1) is 0 Å². The molecule has 0 aromatic heterocycles. The summed E-state index contributed by atoms with van der Waals surface area (Å²) in [5.41, 5.74) is 17.6. The first kappa shape index (κ1) is 43.0. The molecule has 9 N–H and O–H groups in total. The minimum absolute atomic E-state index is 0.187. The lowest BCUT2D eigenvalue weighted by atomic mass is 9.90. The average Bonchev–Trinajstić information content (AvgIpc) is 2.98. The van der Waals surface area contributed by atoms with E-state index < -0.39 is 0 Å². The molecule has 8 heteroatoms. The molecular weight excluding hydrogens is 522 g/mol. The number of hydrogen-bond donors (Lipinski definition) is 6. The van der Waals surface area contributed by atoms with Crippen molar-refractivity contribution in [3.05, 3.63) is 25.1 Å². The molecule has 1 saturated heterocycles. The molecule has 0 aromatic carbocycles. The van der Waals surface area contributed by atoms with Crippen molar-refractivity contribution in [2.45, 2.75) is 116 Å². The summed E-state index contributed by atoms with van der Waals surface area (Å²) in [7, 11) is 1.95. The number of nitrogens with one attached hydrogen (secondary N) is 3. The summed E-state index contributed by atoms with van der Waals surface area (Å²) in [6.45, 7) is 21.8. The van der Waals surface area contributed by atoms with Crippen LogP contribution in [0, 0.1) is 5.92 Å². The fourth-order valence-electron chi connectivity index (χ4n) is 4.89. The molecule has 0 radical (unpaired) electrons. The van der Waals surface area contributed by atoms with Crippen molar-refractivity contribution in [2.75, 3.05) is 72.6 Å². The van der Waals surface area contributed by atoms with Crippen LogP contribution in [0.3, 0.4) is 0 Å². The molecule has 42 heavy (non-hydrogen) atoms. The van der Waals surface area contributed by atoms with Crippen molar-refractivity contribution in [3.8, 4) is 0 Å². The molecule has 2 unspecified atom stereocenters. The van der Waals surface area contributed by atoms with E-state index in [1.807, 2.05) is 7.05 Å². The predicted octanol–water partition coefficient (Wildman–Crippen LogP) is 5.10. The van der Waals surface area contributed by atoms with Crippen molar-refractivity contribution < 1.29 is 4.74 Å². The van der Waals surface area contributed by atoms with Crippen LogP contribution in [0.15, 0.2) is 25.1 Å². The van der Waals surface area contributed by atoms with Gasteiger partial charge in [-0.25, -0.2) is 0 Å². The quantitative estimate of drug-likeness (QED) is 0.0849. The maximum Gasteiger partial charge on any atom is 0.0965 e. The monoisotopic (exact) mass is 598 g/mol. The Balaban J connectivity index is 0. The van der Waals surface area contributed by atoms with E-state index in [1.54, 1.807) is 6.20 Å². The largest absolute Gasteiger partial charge is 0.391 e. The van der Waals surface area contributed by atoms with Gasteiger partial charge in [0.05, 0.1) is 6.10 Å². The Bertz CT molecular complexity index is 538. The van der Waals surface area contributed by atoms with E-state index in [4.69, 9.17) is 21.9 Å². The van der Waals surface area contributed by atoms with Gasteiger partial charge in [-0.1, -0.05) is 72.0 Å². The predicted molar refractivity (Wildman–Crippen MR) is 187 cm³/mol. The molecule has 2 atom stereocenters. The van der Waals surface area contributed by atoms with Crippen molar-refractivity contribution in [1.82, 2.24) is 20.9 Å². The van der Waals surface area contributed by atoms with Crippen molar-refractivity contribution in [2.24, 2.45) is 23.1 Å². The van der Waals surface area contributed by atoms with E-state index in [0.29, 0.717) is 0 Å². The Morgan fingerprint density at radius 2 is 1.50 bits per heavy atom. The zero-order valence-corrected chi connectivity index (χ0v) is 28.4. The van der Waals surface area contributed by atoms with Gasteiger partial charge in [-0.05, 0) is 110 Å². The van der Waals surface area contributed by atoms with E-state index in [0.717, 1.165) is 97.1 Å². The molecule has 8 nitrogen and oxygen atoms in total. The Morgan fingerprint density at radius 1 is 0.810 bits per heavy atom. The van der Waals surface area contributed by atoms with E-state index in [1.165, 1.54) is 76.3 Å². The highest BCUT2D eigenvalue weighted by atomic mass is 16.5. The number of unbranched alkanes of at least 4 members (excludes halogenated alkanes) is 4. The zero-order chi connectivity index (χ0) is 31.5. The second-order valence-corrected chi connectivity index (χ2v) is 11.4. The Hall–Kier alpha value is -1.16. The second-order valence-electron chi connectivity index (χ2n) is 11.4. The van der Waals surface area contributed by atoms with Crippen LogP contribution < -0.4 is 33.2 Å². The first-order chi connectivity index (χ1) is 20.6. The summed E-state index contributed by atoms with van der Waals surface area (Å²) >= 11 is 0. The van der Waals surface area contributed by atoms with Crippen LogP contribution in [0.4, 0.5) is 0 Å². The highest BCUT2D eigenvalue weighted by molar-refractivity contribution is 5.02. The van der Waals surface area contributed by atoms with Gasteiger partial charge in [0.2, 0.25) is 0 Å². The molecule has 1 rings (SSSR count). The third-order valence-corrected chi connectivity index (χ3v) is 7.59. The van der Waals surface area contributed by atoms with Crippen molar-refractivity contribution in [1.29, 1.82) is 0 Å². The number of rotatable bonds is 24. The van der Waals surface area contributed by atoms with E-state index in [-0.39, 0.29) is 6.10 Å². The molecular formula is C34H75N7O. The first-order valence-electron chi connectivity index (χ1n) is 17.4. The summed E-state index contributed by atoms with van der Waals surface area (Å²) in [4.78, 5) is 2.44. The topological polar surface area (TPSA) is 127 Å². The molecule has 252 valence electrons. The average molecular weight is 598 g/mol. The van der Waals surface area contributed by atoms with Crippen LogP contribution in [0.5, 0.6) is 0 Å². The van der Waals surface area contributed by atoms with Gasteiger partial charge < -0.3 is 42.8 Å². The summed E-state index contributed by atoms with van der Waals surface area (Å²) in [6.07, 6.45) is 20.3. The molecule has 0 bridgehead atoms. The zero-order valence-electron chi connectivity index (χ0n) is 28.4. The summed E-state index contributed by atoms with van der Waals surface area (Å²) in [6, 6.07) is 0. The van der Waals surface area contributed by atoms with Gasteiger partial charge in [0.1, 0.15) is 0 Å². The first-order valence-corrected chi connectivity index (χ1v) is 17.4. The molecule has 0 saturated carbocycles. The van der Waals surface area contributed by atoms with E-state index in [2.05, 4.69) is 47.9 Å². The number of hydrogen-bond acceptors (Lipinski definition) is 8. The maximum absolute atomic E-state index is 6.32. The van der Waals surface area contributed by atoms with Crippen LogP contribution >= 0.6 is 0 Å². The van der Waals surface area contributed by atoms with E-state index >= 15 is 0 Å². The molecule has 0 spiro atoms. The molecule has 0 aliphatic carbocycles. The Morgan fingerprint density at radius 3 is 2.12 bits per heavy atom. The lowest BCUT2D eigenvalue weighted by Gasteiger charge is -2.34. The second kappa shape index (κ2) is 36.0. The lowest BCUT2D eigenvalue weighted by molar-refractivity contribution is 0.0284. The minimum atomic E-state index is 0.187. The van der Waals surface area contributed by atoms with Gasteiger partial charge >= 0.3 is 0 Å². The number of nitrogens with two attached hydrogens (primary N) is 3. The van der Waals surface area contributed by atoms with Gasteiger partial charge in [0.25, 0.3) is 0 Å². The van der Waals surface area contributed by atoms with Crippen LogP contribution in [0.25, 0.3) is 0 Å². The normalized spacial score (nSPS) is 16.6. The molecule has 1 aliphatic rings. The number of nitrogens with zero attached hydrogens (tertiary/aromatic N) is 1. The summed E-state index contributed by atoms with van der Waals surface area (Å²) < 4.78 is 6.32. The smallest absolute Gasteiger partial charge is 0.0965 e. The van der Waals surface area contributed by atoms with Gasteiger partial charge in [0.15, 0.2) is 0 Å². The molecule has 1 heterocycles. The fourth-order valence-corrected chi connectivity index (χ4v) is 4.89. The minimum Gasteiger partial charge on any atom is -0.391 e. The molecule has 0 aromatic rings. The highest BCUT2D eigenvalue weighted by Gasteiger charge is 2.22. The highest BCUT2D eigenvalue weighted by Crippen LogP contribution is 2.27. The third-order valence-electron chi connectivity index (χ3n) is 7.59. The third kappa shape index (κ3) is 28.9. The standard InChI is InChI=1S/C24H50N4O.C6H14N2.C4H11N/c1-3-4-5-11-23-12-8-13-24(29-21-14-23)22(2)28(20-10-16-26)19-7-6-17-27-18-9-15-25;1-3-8-6-4-5-7-2;1-2-3-4-5/h23-24,27H,2-21,25-26H2,1H3;3,7-8H,1,4-6H2,2H3;2-5H2,1H3. The SMILES string of the molecule is C=C(C1CCCC(CCCCC)CCO1)N(CCCN)CCCCNCCCN.C=CNCCCNC.CCCCN. The van der Waals surface area contributed by atoms with Crippen LogP contribution in [0.1, 0.15) is 110 Å². The maximum atomic E-state index is 6.32. The lowest BCUT2D eigenvalue weighted by Crippen LogP contribution is -2.35. The van der Waals surface area contributed by atoms with Gasteiger partial charge in [0, 0.05) is 31.9 Å². The Labute approximate surface area is 262 Å². The molecule has 0 amide bonds. The number of ether oxygens (including phenoxy) is 1. The fraction of sp³-hybridized carbons (Fsp3) is 0.882. The van der Waals surface area contributed by atoms with Gasteiger partial charge in [-0.3, -0.25) is 0 Å².